The number of anilines is 1. The van der Waals surface area contributed by atoms with Gasteiger partial charge in [-0.3, -0.25) is 9.88 Å². The zero-order valence-corrected chi connectivity index (χ0v) is 11.2. The van der Waals surface area contributed by atoms with Crippen molar-refractivity contribution in [2.75, 3.05) is 31.6 Å². The number of halogens is 1. The van der Waals surface area contributed by atoms with E-state index in [4.69, 9.17) is 11.6 Å². The van der Waals surface area contributed by atoms with Gasteiger partial charge in [0.2, 0.25) is 0 Å². The average Bonchev–Trinajstić information content (AvgIpc) is 2.39. The first-order chi connectivity index (χ1) is 8.24. The number of piperazine rings is 1. The molecule has 1 unspecified atom stereocenters. The van der Waals surface area contributed by atoms with Crippen LogP contribution in [0, 0.1) is 0 Å². The number of alkyl halides is 1. The lowest BCUT2D eigenvalue weighted by atomic mass is 10.1. The molecule has 0 bridgehead atoms. The van der Waals surface area contributed by atoms with E-state index in [-0.39, 0.29) is 0 Å². The van der Waals surface area contributed by atoms with Crippen LogP contribution in [0.15, 0.2) is 12.4 Å². The Labute approximate surface area is 108 Å². The standard InChI is InChI=1S/C12H19ClN4/c1-3-11-9-17(5-4-16(11)2)12-8-14-10(6-13)7-15-12/h7-8,11H,3-6,9H2,1-2H3. The van der Waals surface area contributed by atoms with Gasteiger partial charge in [-0.1, -0.05) is 6.92 Å². The molecule has 2 heterocycles. The molecule has 0 aromatic carbocycles. The Bertz CT molecular complexity index is 354. The van der Waals surface area contributed by atoms with Crippen LogP contribution in [0.25, 0.3) is 0 Å². The maximum Gasteiger partial charge on any atom is 0.147 e. The monoisotopic (exact) mass is 254 g/mol. The highest BCUT2D eigenvalue weighted by Gasteiger charge is 2.23. The van der Waals surface area contributed by atoms with Crippen LogP contribution in [-0.4, -0.2) is 47.6 Å². The van der Waals surface area contributed by atoms with Crippen molar-refractivity contribution in [3.8, 4) is 0 Å². The predicted octanol–water partition coefficient (Wildman–Crippen LogP) is 1.75. The first-order valence-electron chi connectivity index (χ1n) is 6.06. The fraction of sp³-hybridized carbons (Fsp3) is 0.667. The van der Waals surface area contributed by atoms with E-state index in [2.05, 4.69) is 33.7 Å². The molecule has 0 spiro atoms. The topological polar surface area (TPSA) is 32.3 Å². The summed E-state index contributed by atoms with van der Waals surface area (Å²) < 4.78 is 0. The normalized spacial score (nSPS) is 21.8. The summed E-state index contributed by atoms with van der Waals surface area (Å²) in [6.07, 6.45) is 4.76. The molecule has 1 aromatic heterocycles. The summed E-state index contributed by atoms with van der Waals surface area (Å²) in [4.78, 5) is 13.4. The Kier molecular flexibility index (Phi) is 4.18. The Morgan fingerprint density at radius 3 is 2.76 bits per heavy atom. The van der Waals surface area contributed by atoms with Gasteiger partial charge >= 0.3 is 0 Å². The van der Waals surface area contributed by atoms with Crippen LogP contribution < -0.4 is 4.90 Å². The fourth-order valence-electron chi connectivity index (χ4n) is 2.18. The van der Waals surface area contributed by atoms with E-state index in [1.54, 1.807) is 6.20 Å². The van der Waals surface area contributed by atoms with Crippen LogP contribution in [0.2, 0.25) is 0 Å². The number of nitrogens with zero attached hydrogens (tertiary/aromatic N) is 4. The zero-order chi connectivity index (χ0) is 12.3. The number of hydrogen-bond donors (Lipinski definition) is 0. The zero-order valence-electron chi connectivity index (χ0n) is 10.4. The summed E-state index contributed by atoms with van der Waals surface area (Å²) in [6.45, 7) is 5.36. The predicted molar refractivity (Wildman–Crippen MR) is 70.5 cm³/mol. The van der Waals surface area contributed by atoms with Crippen molar-refractivity contribution < 1.29 is 0 Å². The van der Waals surface area contributed by atoms with Gasteiger partial charge in [-0.25, -0.2) is 4.98 Å². The van der Waals surface area contributed by atoms with Crippen LogP contribution in [-0.2, 0) is 5.88 Å². The van der Waals surface area contributed by atoms with Gasteiger partial charge in [-0.05, 0) is 13.5 Å². The minimum atomic E-state index is 0.424. The highest BCUT2D eigenvalue weighted by Crippen LogP contribution is 2.17. The molecular weight excluding hydrogens is 236 g/mol. The summed E-state index contributed by atoms with van der Waals surface area (Å²) in [5.74, 6) is 1.39. The van der Waals surface area contributed by atoms with Gasteiger partial charge in [0.05, 0.1) is 24.0 Å². The van der Waals surface area contributed by atoms with Crippen molar-refractivity contribution in [3.63, 3.8) is 0 Å². The molecule has 1 aliphatic heterocycles. The van der Waals surface area contributed by atoms with Crippen LogP contribution in [0.1, 0.15) is 19.0 Å². The molecule has 17 heavy (non-hydrogen) atoms. The molecule has 0 amide bonds. The lowest BCUT2D eigenvalue weighted by molar-refractivity contribution is 0.213. The molecule has 0 saturated carbocycles. The number of aromatic nitrogens is 2. The molecule has 1 atom stereocenters. The number of hydrogen-bond acceptors (Lipinski definition) is 4. The van der Waals surface area contributed by atoms with Crippen molar-refractivity contribution in [1.82, 2.24) is 14.9 Å². The number of likely N-dealkylation sites (N-methyl/N-ethyl adjacent to an activating group) is 1. The number of rotatable bonds is 3. The average molecular weight is 255 g/mol. The molecule has 1 fully saturated rings. The van der Waals surface area contributed by atoms with E-state index in [1.165, 1.54) is 6.42 Å². The lowest BCUT2D eigenvalue weighted by Crippen LogP contribution is -2.51. The molecule has 94 valence electrons. The molecular formula is C12H19ClN4. The van der Waals surface area contributed by atoms with Gasteiger partial charge in [0.1, 0.15) is 5.82 Å². The fourth-order valence-corrected chi connectivity index (χ4v) is 2.31. The first-order valence-corrected chi connectivity index (χ1v) is 6.60. The molecule has 2 rings (SSSR count). The Morgan fingerprint density at radius 1 is 1.35 bits per heavy atom. The third kappa shape index (κ3) is 2.87. The molecule has 4 nitrogen and oxygen atoms in total. The van der Waals surface area contributed by atoms with E-state index >= 15 is 0 Å². The smallest absolute Gasteiger partial charge is 0.147 e. The highest BCUT2D eigenvalue weighted by atomic mass is 35.5. The summed E-state index contributed by atoms with van der Waals surface area (Å²) >= 11 is 5.71. The van der Waals surface area contributed by atoms with Crippen LogP contribution >= 0.6 is 11.6 Å². The second kappa shape index (κ2) is 5.65. The Hall–Kier alpha value is -0.870. The maximum absolute atomic E-state index is 5.71. The third-order valence-corrected chi connectivity index (χ3v) is 3.67. The van der Waals surface area contributed by atoms with Gasteiger partial charge < -0.3 is 4.90 Å². The Balaban J connectivity index is 2.06. The van der Waals surface area contributed by atoms with Gasteiger partial charge in [0, 0.05) is 25.7 Å². The third-order valence-electron chi connectivity index (χ3n) is 3.40. The maximum atomic E-state index is 5.71. The molecule has 1 aromatic rings. The summed E-state index contributed by atoms with van der Waals surface area (Å²) in [6, 6.07) is 0.609. The quantitative estimate of drug-likeness (QED) is 0.770. The van der Waals surface area contributed by atoms with Crippen molar-refractivity contribution in [3.05, 3.63) is 18.1 Å². The summed E-state index contributed by atoms with van der Waals surface area (Å²) in [7, 11) is 2.19. The minimum absolute atomic E-state index is 0.424. The SMILES string of the molecule is CCC1CN(c2cnc(CCl)cn2)CCN1C. The van der Waals surface area contributed by atoms with Crippen molar-refractivity contribution in [2.45, 2.75) is 25.3 Å². The molecule has 0 radical (unpaired) electrons. The van der Waals surface area contributed by atoms with Crippen molar-refractivity contribution in [2.24, 2.45) is 0 Å². The van der Waals surface area contributed by atoms with E-state index in [9.17, 15) is 0 Å². The first kappa shape index (κ1) is 12.6. The van der Waals surface area contributed by atoms with Gasteiger partial charge in [0.25, 0.3) is 0 Å². The highest BCUT2D eigenvalue weighted by molar-refractivity contribution is 6.16. The van der Waals surface area contributed by atoms with E-state index < -0.39 is 0 Å². The van der Waals surface area contributed by atoms with E-state index in [1.807, 2.05) is 6.20 Å². The molecule has 1 aliphatic rings. The van der Waals surface area contributed by atoms with Crippen LogP contribution in [0.3, 0.4) is 0 Å². The summed E-state index contributed by atoms with van der Waals surface area (Å²) in [5.41, 5.74) is 0.830. The van der Waals surface area contributed by atoms with Gasteiger partial charge in [0.15, 0.2) is 0 Å². The van der Waals surface area contributed by atoms with Crippen molar-refractivity contribution >= 4 is 17.4 Å². The molecule has 0 N–H and O–H groups in total. The molecule has 0 aliphatic carbocycles. The second-order valence-corrected chi connectivity index (χ2v) is 4.76. The van der Waals surface area contributed by atoms with E-state index in [0.29, 0.717) is 11.9 Å². The second-order valence-electron chi connectivity index (χ2n) is 4.49. The largest absolute Gasteiger partial charge is 0.352 e. The Morgan fingerprint density at radius 2 is 2.18 bits per heavy atom. The minimum Gasteiger partial charge on any atom is -0.352 e. The molecule has 1 saturated heterocycles. The van der Waals surface area contributed by atoms with Gasteiger partial charge in [-0.2, -0.15) is 0 Å². The molecule has 5 heteroatoms. The lowest BCUT2D eigenvalue weighted by Gasteiger charge is -2.39. The van der Waals surface area contributed by atoms with Crippen LogP contribution in [0.4, 0.5) is 5.82 Å². The van der Waals surface area contributed by atoms with Gasteiger partial charge in [-0.15, -0.1) is 11.6 Å². The van der Waals surface area contributed by atoms with Crippen LogP contribution in [0.5, 0.6) is 0 Å². The summed E-state index contributed by atoms with van der Waals surface area (Å²) in [5, 5.41) is 0. The van der Waals surface area contributed by atoms with Crippen molar-refractivity contribution in [1.29, 1.82) is 0 Å². The van der Waals surface area contributed by atoms with E-state index in [0.717, 1.165) is 31.1 Å².